The van der Waals surface area contributed by atoms with E-state index in [-0.39, 0.29) is 29.1 Å². The van der Waals surface area contributed by atoms with Crippen molar-refractivity contribution in [2.45, 2.75) is 64.4 Å². The van der Waals surface area contributed by atoms with Crippen LogP contribution in [0.4, 0.5) is 10.7 Å². The summed E-state index contributed by atoms with van der Waals surface area (Å²) < 4.78 is 44.3. The van der Waals surface area contributed by atoms with Gasteiger partial charge in [0.2, 0.25) is 5.95 Å². The number of benzene rings is 2. The van der Waals surface area contributed by atoms with Gasteiger partial charge in [0.15, 0.2) is 0 Å². The lowest BCUT2D eigenvalue weighted by Crippen LogP contribution is -2.35. The summed E-state index contributed by atoms with van der Waals surface area (Å²) in [5.41, 5.74) is 3.36. The molecule has 2 aromatic carbocycles. The molecule has 1 aromatic heterocycles. The topological polar surface area (TPSA) is 137 Å². The smallest absolute Gasteiger partial charge is 0.407 e. The molecule has 1 atom stereocenters. The van der Waals surface area contributed by atoms with E-state index < -0.39 is 27.7 Å². The fourth-order valence-electron chi connectivity index (χ4n) is 4.40. The van der Waals surface area contributed by atoms with Crippen molar-refractivity contribution in [2.75, 3.05) is 31.8 Å². The number of aromatic nitrogens is 2. The first-order valence-electron chi connectivity index (χ1n) is 13.8. The highest BCUT2D eigenvalue weighted by atomic mass is 32.2. The normalized spacial score (nSPS) is 12.4. The lowest BCUT2D eigenvalue weighted by atomic mass is 9.97. The van der Waals surface area contributed by atoms with Crippen LogP contribution in [0.5, 0.6) is 0 Å². The van der Waals surface area contributed by atoms with Gasteiger partial charge in [0.1, 0.15) is 12.3 Å². The number of hydrogen-bond acceptors (Lipinski definition) is 9. The number of esters is 1. The summed E-state index contributed by atoms with van der Waals surface area (Å²) in [7, 11) is -1.69. The van der Waals surface area contributed by atoms with Crippen LogP contribution in [0.1, 0.15) is 67.2 Å². The lowest BCUT2D eigenvalue weighted by molar-refractivity contribution is 0.0525. The Kier molecular flexibility index (Phi) is 10.9. The Morgan fingerprint density at radius 1 is 1.00 bits per heavy atom. The van der Waals surface area contributed by atoms with E-state index in [2.05, 4.69) is 10.3 Å². The fraction of sp³-hybridized carbons (Fsp3) is 0.419. The summed E-state index contributed by atoms with van der Waals surface area (Å²) in [5, 5.41) is 2.76. The summed E-state index contributed by atoms with van der Waals surface area (Å²) >= 11 is 0. The maximum absolute atomic E-state index is 14.0. The van der Waals surface area contributed by atoms with Gasteiger partial charge in [0, 0.05) is 30.8 Å². The van der Waals surface area contributed by atoms with Gasteiger partial charge in [-0.15, -0.1) is 0 Å². The number of rotatable bonds is 11. The fourth-order valence-corrected chi connectivity index (χ4v) is 5.72. The second-order valence-electron chi connectivity index (χ2n) is 11.2. The number of aryl methyl sites for hydroxylation is 2. The molecule has 0 saturated carbocycles. The Labute approximate surface area is 253 Å². The van der Waals surface area contributed by atoms with Crippen LogP contribution < -0.4 is 9.62 Å². The molecule has 43 heavy (non-hydrogen) atoms. The van der Waals surface area contributed by atoms with E-state index in [1.54, 1.807) is 20.8 Å². The number of sulfonamides is 1. The van der Waals surface area contributed by atoms with Gasteiger partial charge in [-0.25, -0.2) is 32.3 Å². The molecule has 0 fully saturated rings. The molecule has 0 spiro atoms. The molecule has 1 heterocycles. The van der Waals surface area contributed by atoms with E-state index in [0.717, 1.165) is 21.0 Å². The van der Waals surface area contributed by atoms with Crippen molar-refractivity contribution in [2.24, 2.45) is 0 Å². The third-order valence-corrected chi connectivity index (χ3v) is 8.23. The number of anilines is 1. The van der Waals surface area contributed by atoms with Crippen LogP contribution in [-0.4, -0.2) is 63.5 Å². The zero-order chi connectivity index (χ0) is 31.9. The first-order valence-corrected chi connectivity index (χ1v) is 15.2. The SMILES string of the molecule is COCN(c1nc(-c2c(C)cccc2C)cc(C(C)CCNC(=O)OC(C)(C)C)n1)S(=O)(=O)c1cccc(C(=O)OC)c1. The molecule has 1 N–H and O–H groups in total. The minimum Gasteiger partial charge on any atom is -0.465 e. The van der Waals surface area contributed by atoms with E-state index in [1.165, 1.54) is 38.5 Å². The van der Waals surface area contributed by atoms with E-state index in [4.69, 9.17) is 19.2 Å². The second kappa shape index (κ2) is 14.0. The van der Waals surface area contributed by atoms with Crippen molar-refractivity contribution < 1.29 is 32.2 Å². The van der Waals surface area contributed by atoms with Crippen LogP contribution in [0.25, 0.3) is 11.3 Å². The van der Waals surface area contributed by atoms with Crippen LogP contribution in [0.3, 0.4) is 0 Å². The number of ether oxygens (including phenoxy) is 3. The zero-order valence-electron chi connectivity index (χ0n) is 25.9. The molecule has 12 heteroatoms. The van der Waals surface area contributed by atoms with Gasteiger partial charge in [-0.05, 0) is 76.4 Å². The van der Waals surface area contributed by atoms with E-state index >= 15 is 0 Å². The molecular weight excluding hydrogens is 572 g/mol. The summed E-state index contributed by atoms with van der Waals surface area (Å²) in [6, 6.07) is 13.2. The predicted molar refractivity (Wildman–Crippen MR) is 164 cm³/mol. The minimum atomic E-state index is -4.29. The van der Waals surface area contributed by atoms with E-state index in [0.29, 0.717) is 24.4 Å². The summed E-state index contributed by atoms with van der Waals surface area (Å²) in [4.78, 5) is 33.5. The molecule has 0 aliphatic rings. The van der Waals surface area contributed by atoms with Crippen LogP contribution in [0.2, 0.25) is 0 Å². The summed E-state index contributed by atoms with van der Waals surface area (Å²) in [6.45, 7) is 11.2. The summed E-state index contributed by atoms with van der Waals surface area (Å²) in [6.07, 6.45) is -0.0223. The molecular formula is C31H40N4O7S. The number of alkyl carbamates (subject to hydrolysis) is 1. The van der Waals surface area contributed by atoms with Gasteiger partial charge >= 0.3 is 12.1 Å². The Hall–Kier alpha value is -4.03. The zero-order valence-corrected chi connectivity index (χ0v) is 26.7. The Morgan fingerprint density at radius 3 is 2.26 bits per heavy atom. The average molecular weight is 613 g/mol. The molecule has 3 rings (SSSR count). The Morgan fingerprint density at radius 2 is 1.65 bits per heavy atom. The Bertz CT molecular complexity index is 1550. The number of nitrogens with one attached hydrogen (secondary N) is 1. The number of carbonyl (C=O) groups excluding carboxylic acids is 2. The van der Waals surface area contributed by atoms with Crippen LogP contribution >= 0.6 is 0 Å². The van der Waals surface area contributed by atoms with Crippen molar-refractivity contribution in [3.05, 3.63) is 70.9 Å². The number of methoxy groups -OCH3 is 2. The minimum absolute atomic E-state index is 0.0814. The monoisotopic (exact) mass is 612 g/mol. The third-order valence-electron chi connectivity index (χ3n) is 6.53. The largest absolute Gasteiger partial charge is 0.465 e. The third kappa shape index (κ3) is 8.51. The molecule has 0 bridgehead atoms. The van der Waals surface area contributed by atoms with E-state index in [9.17, 15) is 18.0 Å². The number of carbonyl (C=O) groups is 2. The average Bonchev–Trinajstić information content (AvgIpc) is 2.94. The predicted octanol–water partition coefficient (Wildman–Crippen LogP) is 5.36. The maximum atomic E-state index is 14.0. The first-order chi connectivity index (χ1) is 20.2. The van der Waals surface area contributed by atoms with Gasteiger partial charge in [-0.2, -0.15) is 0 Å². The van der Waals surface area contributed by atoms with Crippen molar-refractivity contribution in [1.82, 2.24) is 15.3 Å². The van der Waals surface area contributed by atoms with Crippen molar-refractivity contribution in [1.29, 1.82) is 0 Å². The van der Waals surface area contributed by atoms with Gasteiger partial charge < -0.3 is 19.5 Å². The molecule has 0 radical (unpaired) electrons. The van der Waals surface area contributed by atoms with Crippen LogP contribution in [0.15, 0.2) is 53.4 Å². The van der Waals surface area contributed by atoms with Gasteiger partial charge in [0.05, 0.1) is 23.3 Å². The molecule has 0 saturated heterocycles. The first kappa shape index (κ1) is 33.5. The standard InChI is InChI=1S/C31H40N4O7S/c1-20(15-16-32-30(37)42-31(4,5)6)25-18-26(27-21(2)11-9-12-22(27)3)34-29(33-25)35(19-40-7)43(38,39)24-14-10-13-23(17-24)28(36)41-8/h9-14,17-18,20H,15-16,19H2,1-8H3,(H,32,37). The lowest BCUT2D eigenvalue weighted by Gasteiger charge is -2.24. The molecule has 1 amide bonds. The summed E-state index contributed by atoms with van der Waals surface area (Å²) in [5.74, 6) is -0.957. The van der Waals surface area contributed by atoms with E-state index in [1.807, 2.05) is 45.0 Å². The van der Waals surface area contributed by atoms with Gasteiger partial charge in [0.25, 0.3) is 10.0 Å². The van der Waals surface area contributed by atoms with Crippen LogP contribution in [-0.2, 0) is 24.2 Å². The molecule has 1 unspecified atom stereocenters. The molecule has 11 nitrogen and oxygen atoms in total. The second-order valence-corrected chi connectivity index (χ2v) is 13.0. The quantitative estimate of drug-likeness (QED) is 0.224. The highest BCUT2D eigenvalue weighted by Gasteiger charge is 2.30. The van der Waals surface area contributed by atoms with Crippen LogP contribution in [0, 0.1) is 13.8 Å². The number of hydrogen-bond donors (Lipinski definition) is 1. The van der Waals surface area contributed by atoms with Crippen molar-refractivity contribution >= 4 is 28.0 Å². The number of nitrogens with zero attached hydrogens (tertiary/aromatic N) is 3. The molecule has 3 aromatic rings. The highest BCUT2D eigenvalue weighted by molar-refractivity contribution is 7.92. The molecule has 0 aliphatic carbocycles. The molecule has 232 valence electrons. The highest BCUT2D eigenvalue weighted by Crippen LogP contribution is 2.32. The Balaban J connectivity index is 2.09. The number of amides is 1. The van der Waals surface area contributed by atoms with Crippen molar-refractivity contribution in [3.63, 3.8) is 0 Å². The van der Waals surface area contributed by atoms with Crippen molar-refractivity contribution in [3.8, 4) is 11.3 Å². The van der Waals surface area contributed by atoms with Gasteiger partial charge in [-0.3, -0.25) is 0 Å². The molecule has 0 aliphatic heterocycles. The maximum Gasteiger partial charge on any atom is 0.407 e. The van der Waals surface area contributed by atoms with Gasteiger partial charge in [-0.1, -0.05) is 31.2 Å².